The van der Waals surface area contributed by atoms with E-state index in [0.29, 0.717) is 11.4 Å². The molecule has 1 heterocycles. The van der Waals surface area contributed by atoms with E-state index in [9.17, 15) is 20.0 Å². The summed E-state index contributed by atoms with van der Waals surface area (Å²) in [5.41, 5.74) is 1.05. The number of urea groups is 1. The van der Waals surface area contributed by atoms with Gasteiger partial charge in [-0.2, -0.15) is 0 Å². The van der Waals surface area contributed by atoms with Gasteiger partial charge in [0.25, 0.3) is 5.69 Å². The number of rotatable bonds is 6. The van der Waals surface area contributed by atoms with Crippen LogP contribution in [0.15, 0.2) is 67.0 Å². The zero-order valence-electron chi connectivity index (χ0n) is 14.5. The summed E-state index contributed by atoms with van der Waals surface area (Å²) >= 11 is 0. The molecule has 2 amide bonds. The Hall–Kier alpha value is -4.14. The number of nitrogens with zero attached hydrogens (tertiary/aromatic N) is 2. The number of carbonyl (C=O) groups is 1. The summed E-state index contributed by atoms with van der Waals surface area (Å²) in [6.07, 6.45) is 3.34. The van der Waals surface area contributed by atoms with E-state index in [0.717, 1.165) is 11.6 Å². The first-order valence-electron chi connectivity index (χ1n) is 8.19. The molecule has 3 rings (SSSR count). The van der Waals surface area contributed by atoms with E-state index in [1.165, 1.54) is 12.1 Å². The number of aromatic hydroxyl groups is 1. The van der Waals surface area contributed by atoms with E-state index in [4.69, 9.17) is 4.74 Å². The predicted octanol–water partition coefficient (Wildman–Crippen LogP) is 3.92. The molecule has 0 bridgehead atoms. The van der Waals surface area contributed by atoms with Gasteiger partial charge in [-0.15, -0.1) is 0 Å². The minimum Gasteiger partial charge on any atom is -0.506 e. The standard InChI is InChI=1S/C19H16N4O5/c24-17-10-14(23(26)27)7-8-15(17)21-19(25)22-16-5-1-2-6-18(16)28-12-13-4-3-9-20-11-13/h1-11,24H,12H2,(H2,21,22,25). The average Bonchev–Trinajstić information content (AvgIpc) is 2.69. The molecule has 0 spiro atoms. The van der Waals surface area contributed by atoms with E-state index in [2.05, 4.69) is 15.6 Å². The number of amides is 2. The third-order valence-electron chi connectivity index (χ3n) is 3.69. The van der Waals surface area contributed by atoms with Crippen molar-refractivity contribution in [2.24, 2.45) is 0 Å². The first-order chi connectivity index (χ1) is 13.5. The summed E-state index contributed by atoms with van der Waals surface area (Å²) in [4.78, 5) is 26.3. The van der Waals surface area contributed by atoms with Gasteiger partial charge in [-0.3, -0.25) is 15.1 Å². The lowest BCUT2D eigenvalue weighted by molar-refractivity contribution is -0.384. The second kappa shape index (κ2) is 8.49. The molecule has 0 aliphatic heterocycles. The van der Waals surface area contributed by atoms with Crippen LogP contribution < -0.4 is 15.4 Å². The number of non-ortho nitro benzene ring substituents is 1. The maximum absolute atomic E-state index is 12.2. The van der Waals surface area contributed by atoms with Crippen LogP contribution in [0.4, 0.5) is 21.9 Å². The van der Waals surface area contributed by atoms with Gasteiger partial charge in [-0.25, -0.2) is 4.79 Å². The van der Waals surface area contributed by atoms with Gasteiger partial charge >= 0.3 is 6.03 Å². The molecule has 0 unspecified atom stereocenters. The maximum atomic E-state index is 12.2. The van der Waals surface area contributed by atoms with Crippen molar-refractivity contribution in [2.75, 3.05) is 10.6 Å². The van der Waals surface area contributed by atoms with Gasteiger partial charge in [0.1, 0.15) is 18.1 Å². The topological polar surface area (TPSA) is 127 Å². The Morgan fingerprint density at radius 2 is 1.89 bits per heavy atom. The van der Waals surface area contributed by atoms with E-state index in [1.807, 2.05) is 6.07 Å². The summed E-state index contributed by atoms with van der Waals surface area (Å²) < 4.78 is 5.73. The molecule has 3 N–H and O–H groups in total. The van der Waals surface area contributed by atoms with E-state index < -0.39 is 16.7 Å². The zero-order chi connectivity index (χ0) is 19.9. The van der Waals surface area contributed by atoms with Crippen LogP contribution in [0.2, 0.25) is 0 Å². The normalized spacial score (nSPS) is 10.1. The van der Waals surface area contributed by atoms with Gasteiger partial charge in [0.05, 0.1) is 22.4 Å². The largest absolute Gasteiger partial charge is 0.506 e. The fraction of sp³-hybridized carbons (Fsp3) is 0.0526. The summed E-state index contributed by atoms with van der Waals surface area (Å²) in [6.45, 7) is 0.275. The number of para-hydroxylation sites is 2. The van der Waals surface area contributed by atoms with E-state index in [-0.39, 0.29) is 18.0 Å². The fourth-order valence-corrected chi connectivity index (χ4v) is 2.36. The summed E-state index contributed by atoms with van der Waals surface area (Å²) in [5, 5.41) is 25.6. The molecule has 9 heteroatoms. The molecular weight excluding hydrogens is 364 g/mol. The number of nitro benzene ring substituents is 1. The van der Waals surface area contributed by atoms with Crippen LogP contribution in [-0.4, -0.2) is 21.0 Å². The second-order valence-corrected chi connectivity index (χ2v) is 5.68. The quantitative estimate of drug-likeness (QED) is 0.338. The van der Waals surface area contributed by atoms with Crippen molar-refractivity contribution in [2.45, 2.75) is 6.61 Å². The molecule has 0 saturated carbocycles. The molecule has 28 heavy (non-hydrogen) atoms. The molecule has 0 saturated heterocycles. The third kappa shape index (κ3) is 4.73. The molecule has 3 aromatic rings. The Morgan fingerprint density at radius 1 is 1.11 bits per heavy atom. The second-order valence-electron chi connectivity index (χ2n) is 5.68. The number of pyridine rings is 1. The number of carbonyl (C=O) groups excluding carboxylic acids is 1. The van der Waals surface area contributed by atoms with Gasteiger partial charge < -0.3 is 20.5 Å². The summed E-state index contributed by atoms with van der Waals surface area (Å²) in [6, 6.07) is 13.3. The first-order valence-corrected chi connectivity index (χ1v) is 8.19. The molecule has 0 radical (unpaired) electrons. The Labute approximate surface area is 159 Å². The Morgan fingerprint density at radius 3 is 2.61 bits per heavy atom. The van der Waals surface area contributed by atoms with Crippen molar-refractivity contribution in [1.29, 1.82) is 0 Å². The van der Waals surface area contributed by atoms with Crippen molar-refractivity contribution in [1.82, 2.24) is 4.98 Å². The van der Waals surface area contributed by atoms with Crippen LogP contribution in [0.3, 0.4) is 0 Å². The van der Waals surface area contributed by atoms with Gasteiger partial charge in [-0.1, -0.05) is 18.2 Å². The predicted molar refractivity (Wildman–Crippen MR) is 102 cm³/mol. The molecule has 2 aromatic carbocycles. The summed E-state index contributed by atoms with van der Waals surface area (Å²) in [5.74, 6) is 0.0416. The van der Waals surface area contributed by atoms with Crippen LogP contribution in [-0.2, 0) is 6.61 Å². The highest BCUT2D eigenvalue weighted by Gasteiger charge is 2.13. The van der Waals surface area contributed by atoms with Gasteiger partial charge in [-0.05, 0) is 24.3 Å². The number of benzene rings is 2. The van der Waals surface area contributed by atoms with Crippen molar-refractivity contribution < 1.29 is 19.6 Å². The van der Waals surface area contributed by atoms with Gasteiger partial charge in [0.15, 0.2) is 0 Å². The number of hydrogen-bond donors (Lipinski definition) is 3. The highest BCUT2D eigenvalue weighted by Crippen LogP contribution is 2.29. The first kappa shape index (κ1) is 18.6. The van der Waals surface area contributed by atoms with Crippen LogP contribution in [0, 0.1) is 10.1 Å². The highest BCUT2D eigenvalue weighted by atomic mass is 16.6. The molecule has 1 aromatic heterocycles. The minimum atomic E-state index is -0.639. The van der Waals surface area contributed by atoms with E-state index in [1.54, 1.807) is 42.7 Å². The SMILES string of the molecule is O=C(Nc1ccc([N+](=O)[O-])cc1O)Nc1ccccc1OCc1cccnc1. The molecular formula is C19H16N4O5. The van der Waals surface area contributed by atoms with E-state index >= 15 is 0 Å². The van der Waals surface area contributed by atoms with Crippen molar-refractivity contribution in [3.05, 3.63) is 82.7 Å². The molecule has 0 fully saturated rings. The highest BCUT2D eigenvalue weighted by molar-refractivity contribution is 6.01. The Bertz CT molecular complexity index is 995. The number of aromatic nitrogens is 1. The lowest BCUT2D eigenvalue weighted by atomic mass is 10.2. The maximum Gasteiger partial charge on any atom is 0.323 e. The minimum absolute atomic E-state index is 0.0388. The van der Waals surface area contributed by atoms with Gasteiger partial charge in [0, 0.05) is 24.0 Å². The molecule has 9 nitrogen and oxygen atoms in total. The zero-order valence-corrected chi connectivity index (χ0v) is 14.5. The lowest BCUT2D eigenvalue weighted by Crippen LogP contribution is -2.20. The number of hydrogen-bond acceptors (Lipinski definition) is 6. The number of nitro groups is 1. The lowest BCUT2D eigenvalue weighted by Gasteiger charge is -2.13. The third-order valence-corrected chi connectivity index (χ3v) is 3.69. The fourth-order valence-electron chi connectivity index (χ4n) is 2.36. The Kier molecular flexibility index (Phi) is 5.66. The van der Waals surface area contributed by atoms with Crippen molar-refractivity contribution in [3.8, 4) is 11.5 Å². The number of ether oxygens (including phenoxy) is 1. The average molecular weight is 380 g/mol. The number of phenols is 1. The monoisotopic (exact) mass is 380 g/mol. The summed E-state index contributed by atoms with van der Waals surface area (Å²) in [7, 11) is 0. The smallest absolute Gasteiger partial charge is 0.323 e. The van der Waals surface area contributed by atoms with Crippen molar-refractivity contribution >= 4 is 23.1 Å². The number of anilines is 2. The van der Waals surface area contributed by atoms with Crippen LogP contribution >= 0.6 is 0 Å². The number of nitrogens with one attached hydrogen (secondary N) is 2. The van der Waals surface area contributed by atoms with Crippen LogP contribution in [0.1, 0.15) is 5.56 Å². The number of phenolic OH excluding ortho intramolecular Hbond substituents is 1. The van der Waals surface area contributed by atoms with Gasteiger partial charge in [0.2, 0.25) is 0 Å². The van der Waals surface area contributed by atoms with Crippen LogP contribution in [0.25, 0.3) is 0 Å². The van der Waals surface area contributed by atoms with Crippen LogP contribution in [0.5, 0.6) is 11.5 Å². The molecule has 0 atom stereocenters. The molecule has 142 valence electrons. The van der Waals surface area contributed by atoms with Crippen molar-refractivity contribution in [3.63, 3.8) is 0 Å². The Balaban J connectivity index is 1.66. The molecule has 0 aliphatic carbocycles. The molecule has 0 aliphatic rings.